The predicted octanol–water partition coefficient (Wildman–Crippen LogP) is 3.57. The Balaban J connectivity index is 2.01. The zero-order chi connectivity index (χ0) is 15.4. The standard InChI is InChI=1S/C16H15BrN2OS/c1-10-2-7-13(9-14(10)17)19-15(20)8-11-3-5-12(6-4-11)16(18)21/h2-7,9H,8H2,1H3,(H2,18,21)(H,19,20). The molecule has 21 heavy (non-hydrogen) atoms. The van der Waals surface area contributed by atoms with Crippen LogP contribution >= 0.6 is 28.1 Å². The number of carbonyl (C=O) groups is 1. The van der Waals surface area contributed by atoms with Crippen LogP contribution in [-0.4, -0.2) is 10.9 Å². The van der Waals surface area contributed by atoms with Crippen LogP contribution in [0.15, 0.2) is 46.9 Å². The molecule has 2 aromatic carbocycles. The molecular formula is C16H15BrN2OS. The summed E-state index contributed by atoms with van der Waals surface area (Å²) in [7, 11) is 0. The minimum absolute atomic E-state index is 0.0613. The zero-order valence-corrected chi connectivity index (χ0v) is 13.9. The first-order valence-corrected chi connectivity index (χ1v) is 7.60. The van der Waals surface area contributed by atoms with Crippen LogP contribution in [0.5, 0.6) is 0 Å². The van der Waals surface area contributed by atoms with Gasteiger partial charge in [0.05, 0.1) is 6.42 Å². The average molecular weight is 363 g/mol. The molecule has 3 nitrogen and oxygen atoms in total. The Morgan fingerprint density at radius 2 is 1.90 bits per heavy atom. The lowest BCUT2D eigenvalue weighted by Gasteiger charge is -2.07. The smallest absolute Gasteiger partial charge is 0.228 e. The summed E-state index contributed by atoms with van der Waals surface area (Å²) in [5.41, 5.74) is 9.16. The molecule has 0 radical (unpaired) electrons. The minimum Gasteiger partial charge on any atom is -0.389 e. The van der Waals surface area contributed by atoms with Crippen LogP contribution in [-0.2, 0) is 11.2 Å². The van der Waals surface area contributed by atoms with Gasteiger partial charge in [0.1, 0.15) is 4.99 Å². The number of carbonyl (C=O) groups excluding carboxylic acids is 1. The maximum Gasteiger partial charge on any atom is 0.228 e. The molecule has 0 bridgehead atoms. The molecule has 2 aromatic rings. The number of anilines is 1. The van der Waals surface area contributed by atoms with Crippen LogP contribution < -0.4 is 11.1 Å². The average Bonchev–Trinajstić information content (AvgIpc) is 2.43. The van der Waals surface area contributed by atoms with Crippen molar-refractivity contribution >= 4 is 44.7 Å². The van der Waals surface area contributed by atoms with E-state index in [1.807, 2.05) is 49.4 Å². The molecule has 0 aliphatic rings. The number of nitrogens with two attached hydrogens (primary N) is 1. The van der Waals surface area contributed by atoms with Crippen molar-refractivity contribution in [1.82, 2.24) is 0 Å². The lowest BCUT2D eigenvalue weighted by atomic mass is 10.1. The van der Waals surface area contributed by atoms with Crippen molar-refractivity contribution in [1.29, 1.82) is 0 Å². The van der Waals surface area contributed by atoms with Crippen LogP contribution in [0.4, 0.5) is 5.69 Å². The van der Waals surface area contributed by atoms with Crippen LogP contribution in [0.1, 0.15) is 16.7 Å². The monoisotopic (exact) mass is 362 g/mol. The van der Waals surface area contributed by atoms with Crippen molar-refractivity contribution in [2.75, 3.05) is 5.32 Å². The van der Waals surface area contributed by atoms with Gasteiger partial charge in [0.25, 0.3) is 0 Å². The van der Waals surface area contributed by atoms with Gasteiger partial charge in [-0.15, -0.1) is 0 Å². The molecule has 108 valence electrons. The normalized spacial score (nSPS) is 10.2. The molecule has 0 aliphatic heterocycles. The van der Waals surface area contributed by atoms with E-state index in [2.05, 4.69) is 21.2 Å². The van der Waals surface area contributed by atoms with E-state index in [0.29, 0.717) is 11.4 Å². The van der Waals surface area contributed by atoms with Crippen molar-refractivity contribution in [2.45, 2.75) is 13.3 Å². The topological polar surface area (TPSA) is 55.1 Å². The van der Waals surface area contributed by atoms with E-state index in [9.17, 15) is 4.79 Å². The molecule has 0 aliphatic carbocycles. The number of aryl methyl sites for hydroxylation is 1. The lowest BCUT2D eigenvalue weighted by molar-refractivity contribution is -0.115. The summed E-state index contributed by atoms with van der Waals surface area (Å²) in [5.74, 6) is -0.0613. The van der Waals surface area contributed by atoms with Crippen molar-refractivity contribution in [3.05, 3.63) is 63.6 Å². The molecule has 5 heteroatoms. The van der Waals surface area contributed by atoms with Gasteiger partial charge in [-0.25, -0.2) is 0 Å². The van der Waals surface area contributed by atoms with Crippen LogP contribution in [0.25, 0.3) is 0 Å². The van der Waals surface area contributed by atoms with Gasteiger partial charge in [0.2, 0.25) is 5.91 Å². The van der Waals surface area contributed by atoms with E-state index in [0.717, 1.165) is 26.9 Å². The van der Waals surface area contributed by atoms with Crippen molar-refractivity contribution in [3.8, 4) is 0 Å². The second-order valence-corrected chi connectivity index (χ2v) is 6.04. The molecule has 0 aromatic heterocycles. The van der Waals surface area contributed by atoms with Crippen molar-refractivity contribution < 1.29 is 4.79 Å². The second kappa shape index (κ2) is 6.83. The minimum atomic E-state index is -0.0613. The fourth-order valence-electron chi connectivity index (χ4n) is 1.85. The Hall–Kier alpha value is -1.72. The third-order valence-electron chi connectivity index (χ3n) is 3.06. The van der Waals surface area contributed by atoms with Gasteiger partial charge in [0, 0.05) is 15.7 Å². The molecule has 0 fully saturated rings. The fourth-order valence-corrected chi connectivity index (χ4v) is 2.36. The lowest BCUT2D eigenvalue weighted by Crippen LogP contribution is -2.15. The molecular weight excluding hydrogens is 348 g/mol. The molecule has 3 N–H and O–H groups in total. The van der Waals surface area contributed by atoms with Crippen LogP contribution in [0.2, 0.25) is 0 Å². The second-order valence-electron chi connectivity index (χ2n) is 4.75. The van der Waals surface area contributed by atoms with Crippen LogP contribution in [0.3, 0.4) is 0 Å². The van der Waals surface area contributed by atoms with E-state index < -0.39 is 0 Å². The highest BCUT2D eigenvalue weighted by molar-refractivity contribution is 9.10. The molecule has 0 spiro atoms. The maximum atomic E-state index is 12.0. The largest absolute Gasteiger partial charge is 0.389 e. The predicted molar refractivity (Wildman–Crippen MR) is 93.5 cm³/mol. The number of benzene rings is 2. The maximum absolute atomic E-state index is 12.0. The van der Waals surface area contributed by atoms with Gasteiger partial charge in [-0.2, -0.15) is 0 Å². The van der Waals surface area contributed by atoms with E-state index in [1.165, 1.54) is 0 Å². The summed E-state index contributed by atoms with van der Waals surface area (Å²) in [4.78, 5) is 12.4. The first-order valence-electron chi connectivity index (χ1n) is 6.40. The molecule has 0 unspecified atom stereocenters. The van der Waals surface area contributed by atoms with Gasteiger partial charge in [-0.1, -0.05) is 58.5 Å². The number of nitrogens with one attached hydrogen (secondary N) is 1. The molecule has 1 amide bonds. The van der Waals surface area contributed by atoms with E-state index in [4.69, 9.17) is 18.0 Å². The summed E-state index contributed by atoms with van der Waals surface area (Å²) in [6.45, 7) is 2.00. The third-order valence-corrected chi connectivity index (χ3v) is 4.15. The number of hydrogen-bond acceptors (Lipinski definition) is 2. The first-order chi connectivity index (χ1) is 9.95. The Bertz CT molecular complexity index is 683. The van der Waals surface area contributed by atoms with Crippen LogP contribution in [0, 0.1) is 6.92 Å². The third kappa shape index (κ3) is 4.37. The van der Waals surface area contributed by atoms with E-state index in [-0.39, 0.29) is 5.91 Å². The first kappa shape index (κ1) is 15.7. The summed E-state index contributed by atoms with van der Waals surface area (Å²) in [6, 6.07) is 13.1. The highest BCUT2D eigenvalue weighted by Crippen LogP contribution is 2.20. The molecule has 0 saturated carbocycles. The number of hydrogen-bond donors (Lipinski definition) is 2. The Morgan fingerprint density at radius 1 is 1.24 bits per heavy atom. The quantitative estimate of drug-likeness (QED) is 0.817. The summed E-state index contributed by atoms with van der Waals surface area (Å²) < 4.78 is 0.973. The zero-order valence-electron chi connectivity index (χ0n) is 11.5. The number of rotatable bonds is 4. The van der Waals surface area contributed by atoms with E-state index >= 15 is 0 Å². The fraction of sp³-hybridized carbons (Fsp3) is 0.125. The van der Waals surface area contributed by atoms with Gasteiger partial charge < -0.3 is 11.1 Å². The molecule has 0 heterocycles. The van der Waals surface area contributed by atoms with Gasteiger partial charge >= 0.3 is 0 Å². The Labute approximate surface area is 137 Å². The van der Waals surface area contributed by atoms with Crippen molar-refractivity contribution in [3.63, 3.8) is 0 Å². The van der Waals surface area contributed by atoms with Crippen molar-refractivity contribution in [2.24, 2.45) is 5.73 Å². The van der Waals surface area contributed by atoms with Gasteiger partial charge in [-0.3, -0.25) is 4.79 Å². The van der Waals surface area contributed by atoms with Gasteiger partial charge in [0.15, 0.2) is 0 Å². The number of thiocarbonyl (C=S) groups is 1. The summed E-state index contributed by atoms with van der Waals surface area (Å²) >= 11 is 8.35. The number of amides is 1. The summed E-state index contributed by atoms with van der Waals surface area (Å²) in [5, 5.41) is 2.88. The number of halogens is 1. The van der Waals surface area contributed by atoms with Gasteiger partial charge in [-0.05, 0) is 30.2 Å². The Morgan fingerprint density at radius 3 is 2.48 bits per heavy atom. The highest BCUT2D eigenvalue weighted by Gasteiger charge is 2.06. The molecule has 0 atom stereocenters. The summed E-state index contributed by atoms with van der Waals surface area (Å²) in [6.07, 6.45) is 0.309. The highest BCUT2D eigenvalue weighted by atomic mass is 79.9. The molecule has 0 saturated heterocycles. The Kier molecular flexibility index (Phi) is 5.09. The van der Waals surface area contributed by atoms with E-state index in [1.54, 1.807) is 0 Å². The molecule has 2 rings (SSSR count). The SMILES string of the molecule is Cc1ccc(NC(=O)Cc2ccc(C(N)=S)cc2)cc1Br.